The summed E-state index contributed by atoms with van der Waals surface area (Å²) in [5.41, 5.74) is 1.07. The molecule has 0 spiro atoms. The SMILES string of the molecule is C=C[C@H](c1cc(O)ccc1Br)N1CCNCC1. The van der Waals surface area contributed by atoms with Gasteiger partial charge in [-0.1, -0.05) is 22.0 Å². The highest BCUT2D eigenvalue weighted by Crippen LogP contribution is 2.31. The Morgan fingerprint density at radius 3 is 2.76 bits per heavy atom. The molecular weight excluding hydrogens is 280 g/mol. The maximum atomic E-state index is 9.59. The van der Waals surface area contributed by atoms with Gasteiger partial charge in [-0.2, -0.15) is 0 Å². The van der Waals surface area contributed by atoms with Crippen LogP contribution in [0, 0.1) is 0 Å². The number of nitrogens with zero attached hydrogens (tertiary/aromatic N) is 1. The Balaban J connectivity index is 2.27. The van der Waals surface area contributed by atoms with Gasteiger partial charge >= 0.3 is 0 Å². The van der Waals surface area contributed by atoms with Crippen molar-refractivity contribution in [2.45, 2.75) is 6.04 Å². The van der Waals surface area contributed by atoms with Gasteiger partial charge < -0.3 is 10.4 Å². The molecule has 3 nitrogen and oxygen atoms in total. The lowest BCUT2D eigenvalue weighted by atomic mass is 10.0. The van der Waals surface area contributed by atoms with Crippen molar-refractivity contribution in [3.05, 3.63) is 40.9 Å². The zero-order valence-electron chi connectivity index (χ0n) is 9.69. The molecule has 0 aromatic heterocycles. The molecule has 1 aromatic rings. The number of phenols is 1. The minimum atomic E-state index is 0.151. The number of rotatable bonds is 3. The molecule has 1 heterocycles. The van der Waals surface area contributed by atoms with Crippen LogP contribution in [0.2, 0.25) is 0 Å². The van der Waals surface area contributed by atoms with Crippen LogP contribution in [0.15, 0.2) is 35.3 Å². The summed E-state index contributed by atoms with van der Waals surface area (Å²) in [7, 11) is 0. The highest BCUT2D eigenvalue weighted by molar-refractivity contribution is 9.10. The Bertz CT molecular complexity index is 402. The van der Waals surface area contributed by atoms with Crippen molar-refractivity contribution in [1.29, 1.82) is 0 Å². The minimum absolute atomic E-state index is 0.151. The van der Waals surface area contributed by atoms with Crippen LogP contribution in [-0.2, 0) is 0 Å². The fourth-order valence-corrected chi connectivity index (χ4v) is 2.67. The standard InChI is InChI=1S/C13H17BrN2O/c1-2-13(16-7-5-15-6-8-16)11-9-10(17)3-4-12(11)14/h2-4,9,13,15,17H,1,5-8H2/t13-/m1/s1. The van der Waals surface area contributed by atoms with E-state index in [2.05, 4.69) is 32.7 Å². The van der Waals surface area contributed by atoms with Crippen molar-refractivity contribution in [2.75, 3.05) is 26.2 Å². The molecule has 1 aromatic carbocycles. The van der Waals surface area contributed by atoms with E-state index >= 15 is 0 Å². The second-order valence-electron chi connectivity index (χ2n) is 4.17. The highest BCUT2D eigenvalue weighted by Gasteiger charge is 2.21. The van der Waals surface area contributed by atoms with E-state index in [1.807, 2.05) is 12.1 Å². The monoisotopic (exact) mass is 296 g/mol. The zero-order valence-corrected chi connectivity index (χ0v) is 11.3. The van der Waals surface area contributed by atoms with Crippen molar-refractivity contribution in [3.63, 3.8) is 0 Å². The maximum absolute atomic E-state index is 9.59. The van der Waals surface area contributed by atoms with E-state index in [-0.39, 0.29) is 6.04 Å². The van der Waals surface area contributed by atoms with E-state index in [0.29, 0.717) is 5.75 Å². The third-order valence-corrected chi connectivity index (χ3v) is 3.79. The molecule has 0 aliphatic carbocycles. The quantitative estimate of drug-likeness (QED) is 0.840. The van der Waals surface area contributed by atoms with E-state index < -0.39 is 0 Å². The van der Waals surface area contributed by atoms with Crippen LogP contribution >= 0.6 is 15.9 Å². The average Bonchev–Trinajstić information content (AvgIpc) is 2.36. The predicted molar refractivity (Wildman–Crippen MR) is 73.2 cm³/mol. The first-order valence-electron chi connectivity index (χ1n) is 5.78. The largest absolute Gasteiger partial charge is 0.508 e. The molecule has 2 rings (SSSR count). The normalized spacial score (nSPS) is 18.9. The Hall–Kier alpha value is -0.840. The number of hydrogen-bond donors (Lipinski definition) is 2. The molecule has 1 aliphatic heterocycles. The zero-order chi connectivity index (χ0) is 12.3. The summed E-state index contributed by atoms with van der Waals surface area (Å²) >= 11 is 3.54. The van der Waals surface area contributed by atoms with Gasteiger partial charge in [-0.15, -0.1) is 6.58 Å². The molecule has 2 N–H and O–H groups in total. The van der Waals surface area contributed by atoms with Crippen LogP contribution in [0.3, 0.4) is 0 Å². The fourth-order valence-electron chi connectivity index (χ4n) is 2.19. The van der Waals surface area contributed by atoms with Crippen LogP contribution < -0.4 is 5.32 Å². The van der Waals surface area contributed by atoms with E-state index in [0.717, 1.165) is 36.2 Å². The third kappa shape index (κ3) is 2.89. The van der Waals surface area contributed by atoms with Crippen molar-refractivity contribution < 1.29 is 5.11 Å². The lowest BCUT2D eigenvalue weighted by molar-refractivity contribution is 0.203. The Kier molecular flexibility index (Phi) is 4.20. The summed E-state index contributed by atoms with van der Waals surface area (Å²) in [5, 5.41) is 12.9. The number of nitrogens with one attached hydrogen (secondary N) is 1. The van der Waals surface area contributed by atoms with Gasteiger partial charge in [-0.25, -0.2) is 0 Å². The smallest absolute Gasteiger partial charge is 0.116 e. The molecule has 0 bridgehead atoms. The van der Waals surface area contributed by atoms with Crippen LogP contribution in [-0.4, -0.2) is 36.2 Å². The molecule has 0 amide bonds. The van der Waals surface area contributed by atoms with Gasteiger partial charge in [0, 0.05) is 30.7 Å². The van der Waals surface area contributed by atoms with Crippen LogP contribution in [0.4, 0.5) is 0 Å². The van der Waals surface area contributed by atoms with Gasteiger partial charge in [0.05, 0.1) is 6.04 Å². The summed E-state index contributed by atoms with van der Waals surface area (Å²) in [5.74, 6) is 0.296. The van der Waals surface area contributed by atoms with E-state index in [1.54, 1.807) is 12.1 Å². The molecule has 17 heavy (non-hydrogen) atoms. The Morgan fingerprint density at radius 2 is 2.12 bits per heavy atom. The second kappa shape index (κ2) is 5.67. The van der Waals surface area contributed by atoms with E-state index in [1.165, 1.54) is 0 Å². The molecule has 0 radical (unpaired) electrons. The van der Waals surface area contributed by atoms with Gasteiger partial charge in [0.15, 0.2) is 0 Å². The second-order valence-corrected chi connectivity index (χ2v) is 5.03. The molecule has 1 aliphatic rings. The van der Waals surface area contributed by atoms with Gasteiger partial charge in [0.25, 0.3) is 0 Å². The molecular formula is C13H17BrN2O. The minimum Gasteiger partial charge on any atom is -0.508 e. The Labute approximate surface area is 110 Å². The first kappa shape index (κ1) is 12.6. The number of piperazine rings is 1. The topological polar surface area (TPSA) is 35.5 Å². The van der Waals surface area contributed by atoms with Gasteiger partial charge in [0.2, 0.25) is 0 Å². The van der Waals surface area contributed by atoms with E-state index in [4.69, 9.17) is 0 Å². The van der Waals surface area contributed by atoms with Gasteiger partial charge in [-0.3, -0.25) is 4.90 Å². The van der Waals surface area contributed by atoms with Crippen molar-refractivity contribution in [1.82, 2.24) is 10.2 Å². The lowest BCUT2D eigenvalue weighted by Gasteiger charge is -2.33. The number of benzene rings is 1. The van der Waals surface area contributed by atoms with Crippen LogP contribution in [0.1, 0.15) is 11.6 Å². The summed E-state index contributed by atoms with van der Waals surface area (Å²) in [4.78, 5) is 2.36. The summed E-state index contributed by atoms with van der Waals surface area (Å²) in [6.07, 6.45) is 1.94. The van der Waals surface area contributed by atoms with Crippen molar-refractivity contribution in [3.8, 4) is 5.75 Å². The molecule has 4 heteroatoms. The van der Waals surface area contributed by atoms with Crippen molar-refractivity contribution in [2.24, 2.45) is 0 Å². The van der Waals surface area contributed by atoms with Gasteiger partial charge in [-0.05, 0) is 23.8 Å². The molecule has 92 valence electrons. The number of aromatic hydroxyl groups is 1. The maximum Gasteiger partial charge on any atom is 0.116 e. The van der Waals surface area contributed by atoms with Crippen LogP contribution in [0.5, 0.6) is 5.75 Å². The van der Waals surface area contributed by atoms with Crippen molar-refractivity contribution >= 4 is 15.9 Å². The predicted octanol–water partition coefficient (Wildman–Crippen LogP) is 2.29. The van der Waals surface area contributed by atoms with Crippen LogP contribution in [0.25, 0.3) is 0 Å². The molecule has 1 atom stereocenters. The van der Waals surface area contributed by atoms with Gasteiger partial charge in [0.1, 0.15) is 5.75 Å². The first-order valence-corrected chi connectivity index (χ1v) is 6.57. The molecule has 1 fully saturated rings. The fraction of sp³-hybridized carbons (Fsp3) is 0.385. The third-order valence-electron chi connectivity index (χ3n) is 3.07. The number of hydrogen-bond acceptors (Lipinski definition) is 3. The summed E-state index contributed by atoms with van der Waals surface area (Å²) in [6.45, 7) is 7.92. The summed E-state index contributed by atoms with van der Waals surface area (Å²) in [6, 6.07) is 5.52. The van der Waals surface area contributed by atoms with E-state index in [9.17, 15) is 5.11 Å². The summed E-state index contributed by atoms with van der Waals surface area (Å²) < 4.78 is 1.01. The number of phenolic OH excluding ortho intramolecular Hbond substituents is 1. The lowest BCUT2D eigenvalue weighted by Crippen LogP contribution is -2.44. The highest BCUT2D eigenvalue weighted by atomic mass is 79.9. The molecule has 0 unspecified atom stereocenters. The Morgan fingerprint density at radius 1 is 1.41 bits per heavy atom. The average molecular weight is 297 g/mol. The molecule has 1 saturated heterocycles. The molecule has 0 saturated carbocycles. The first-order chi connectivity index (χ1) is 8.22. The number of halogens is 1.